The van der Waals surface area contributed by atoms with E-state index >= 15 is 13.2 Å². The van der Waals surface area contributed by atoms with E-state index in [-0.39, 0.29) is 34.4 Å². The summed E-state index contributed by atoms with van der Waals surface area (Å²) in [6.07, 6.45) is -8.10. The lowest BCUT2D eigenvalue weighted by molar-refractivity contribution is -0.185. The molecule has 0 radical (unpaired) electrons. The van der Waals surface area contributed by atoms with Crippen molar-refractivity contribution >= 4 is 11.6 Å². The number of nitrogens with zero attached hydrogens (tertiary/aromatic N) is 2. The monoisotopic (exact) mass is 695 g/mol. The number of aliphatic hydroxyl groups excluding tert-OH is 2. The normalized spacial score (nSPS) is 17.7. The third kappa shape index (κ3) is 6.44. The molecule has 1 aliphatic heterocycles. The summed E-state index contributed by atoms with van der Waals surface area (Å²) in [4.78, 5) is 43.8. The van der Waals surface area contributed by atoms with Crippen LogP contribution in [0.25, 0.3) is 5.70 Å². The SMILES string of the molecule is COc1ccc(C(c2ccccc2)(c2ccccc2)N(C(=O)C(F)(F)F)C(=C(C)C)c2cn([C@H]3C[C@H](O)[C@@H](CO)O3)c(=O)[nH]c2=O)c(OC)c1. The van der Waals surface area contributed by atoms with E-state index in [9.17, 15) is 24.6 Å². The number of aliphatic hydroxyl groups is 2. The Morgan fingerprint density at radius 1 is 0.980 bits per heavy atom. The molecule has 1 fully saturated rings. The van der Waals surface area contributed by atoms with Gasteiger partial charge in [-0.2, -0.15) is 13.2 Å². The third-order valence-corrected chi connectivity index (χ3v) is 8.58. The molecule has 11 nitrogen and oxygen atoms in total. The summed E-state index contributed by atoms with van der Waals surface area (Å²) in [5.41, 5.74) is -4.61. The number of methoxy groups -OCH3 is 2. The number of hydrogen-bond donors (Lipinski definition) is 3. The van der Waals surface area contributed by atoms with E-state index in [1.165, 1.54) is 46.3 Å². The third-order valence-electron chi connectivity index (χ3n) is 8.58. The van der Waals surface area contributed by atoms with Gasteiger partial charge in [0.2, 0.25) is 0 Å². The van der Waals surface area contributed by atoms with Gasteiger partial charge in [-0.25, -0.2) is 4.79 Å². The Labute approximate surface area is 284 Å². The van der Waals surface area contributed by atoms with Gasteiger partial charge < -0.3 is 24.4 Å². The molecule has 0 aliphatic carbocycles. The molecular weight excluding hydrogens is 659 g/mol. The van der Waals surface area contributed by atoms with Crippen molar-refractivity contribution in [1.82, 2.24) is 14.5 Å². The first-order valence-corrected chi connectivity index (χ1v) is 15.5. The van der Waals surface area contributed by atoms with Crippen molar-refractivity contribution in [2.24, 2.45) is 0 Å². The lowest BCUT2D eigenvalue weighted by atomic mass is 9.74. The summed E-state index contributed by atoms with van der Waals surface area (Å²) >= 11 is 0. The van der Waals surface area contributed by atoms with E-state index < -0.39 is 65.2 Å². The quantitative estimate of drug-likeness (QED) is 0.208. The zero-order valence-electron chi connectivity index (χ0n) is 27.6. The van der Waals surface area contributed by atoms with Crippen LogP contribution in [0.1, 0.15) is 48.8 Å². The molecule has 1 saturated heterocycles. The highest BCUT2D eigenvalue weighted by atomic mass is 19.4. The van der Waals surface area contributed by atoms with Crippen molar-refractivity contribution < 1.29 is 42.4 Å². The molecule has 3 N–H and O–H groups in total. The van der Waals surface area contributed by atoms with E-state index in [1.54, 1.807) is 60.7 Å². The van der Waals surface area contributed by atoms with Crippen molar-refractivity contribution in [2.75, 3.05) is 20.8 Å². The Kier molecular flexibility index (Phi) is 10.4. The van der Waals surface area contributed by atoms with Gasteiger partial charge in [-0.1, -0.05) is 66.2 Å². The number of hydrogen-bond acceptors (Lipinski definition) is 8. The summed E-state index contributed by atoms with van der Waals surface area (Å²) in [5.74, 6) is -1.95. The maximum absolute atomic E-state index is 15.2. The number of alkyl halides is 3. The molecule has 3 atom stereocenters. The molecule has 4 aromatic rings. The van der Waals surface area contributed by atoms with Gasteiger partial charge in [-0.05, 0) is 37.1 Å². The summed E-state index contributed by atoms with van der Waals surface area (Å²) < 4.78 is 63.2. The minimum atomic E-state index is -5.50. The number of halogens is 3. The zero-order chi connectivity index (χ0) is 36.4. The highest BCUT2D eigenvalue weighted by molar-refractivity contribution is 5.94. The number of ether oxygens (including phenoxy) is 3. The first-order chi connectivity index (χ1) is 23.8. The van der Waals surface area contributed by atoms with E-state index in [4.69, 9.17) is 14.2 Å². The van der Waals surface area contributed by atoms with Crippen LogP contribution in [-0.2, 0) is 15.1 Å². The number of allylic oxidation sites excluding steroid dienone is 1. The van der Waals surface area contributed by atoms with E-state index in [0.29, 0.717) is 10.6 Å². The largest absolute Gasteiger partial charge is 0.497 e. The van der Waals surface area contributed by atoms with Crippen LogP contribution in [0.15, 0.2) is 100 Å². The van der Waals surface area contributed by atoms with Gasteiger partial charge in [0.1, 0.15) is 29.4 Å². The number of aromatic nitrogens is 2. The van der Waals surface area contributed by atoms with Crippen LogP contribution < -0.4 is 20.7 Å². The predicted molar refractivity (Wildman–Crippen MR) is 176 cm³/mol. The fourth-order valence-electron chi connectivity index (χ4n) is 6.39. The van der Waals surface area contributed by atoms with E-state index in [2.05, 4.69) is 4.98 Å². The molecular formula is C36H36F3N3O8. The van der Waals surface area contributed by atoms with Gasteiger partial charge in [-0.15, -0.1) is 0 Å². The van der Waals surface area contributed by atoms with Crippen molar-refractivity contribution in [3.8, 4) is 11.5 Å². The number of H-pyrrole nitrogens is 1. The Bertz CT molecular complexity index is 1950. The first kappa shape index (κ1) is 36.1. The summed E-state index contributed by atoms with van der Waals surface area (Å²) in [6, 6.07) is 20.5. The highest BCUT2D eigenvalue weighted by Gasteiger charge is 2.56. The second-order valence-corrected chi connectivity index (χ2v) is 11.8. The fourth-order valence-corrected chi connectivity index (χ4v) is 6.39. The standard InChI is InChI=1S/C36H36F3N3O8/c1-21(2)31(25-19-41(34(47)40-32(25)45)30-18-27(44)29(20-43)50-30)42(33(46)36(37,38)39)35(22-11-7-5-8-12-22,23-13-9-6-10-14-23)26-16-15-24(48-3)17-28(26)49-4/h5-17,19,27,29-30,43-44H,18,20H2,1-4H3,(H,40,45,47)/t27-,29+,30+/m0/s1. The lowest BCUT2D eigenvalue weighted by Crippen LogP contribution is -2.55. The van der Waals surface area contributed by atoms with Crippen LogP contribution >= 0.6 is 0 Å². The van der Waals surface area contributed by atoms with Crippen LogP contribution in [0, 0.1) is 0 Å². The molecule has 3 aromatic carbocycles. The van der Waals surface area contributed by atoms with Crippen molar-refractivity contribution in [3.63, 3.8) is 0 Å². The fraction of sp³-hybridized carbons (Fsp3) is 0.306. The Balaban J connectivity index is 1.97. The van der Waals surface area contributed by atoms with Crippen molar-refractivity contribution in [3.05, 3.63) is 134 Å². The molecule has 264 valence electrons. The maximum atomic E-state index is 15.2. The molecule has 0 bridgehead atoms. The Morgan fingerprint density at radius 2 is 1.58 bits per heavy atom. The number of nitrogens with one attached hydrogen (secondary N) is 1. The predicted octanol–water partition coefficient (Wildman–Crippen LogP) is 4.33. The number of benzene rings is 3. The number of carbonyl (C=O) groups is 1. The zero-order valence-corrected chi connectivity index (χ0v) is 27.6. The average Bonchev–Trinajstić information content (AvgIpc) is 3.48. The molecule has 1 aliphatic rings. The van der Waals surface area contributed by atoms with Gasteiger partial charge in [0.05, 0.1) is 38.2 Å². The van der Waals surface area contributed by atoms with Crippen LogP contribution in [-0.4, -0.2) is 69.8 Å². The number of aromatic amines is 1. The van der Waals surface area contributed by atoms with Crippen LogP contribution in [0.5, 0.6) is 11.5 Å². The Hall–Kier alpha value is -5.18. The van der Waals surface area contributed by atoms with Crippen LogP contribution in [0.3, 0.4) is 0 Å². The Morgan fingerprint density at radius 3 is 2.06 bits per heavy atom. The highest BCUT2D eigenvalue weighted by Crippen LogP contribution is 2.51. The van der Waals surface area contributed by atoms with Crippen LogP contribution in [0.4, 0.5) is 13.2 Å². The molecule has 0 spiro atoms. The molecule has 5 rings (SSSR count). The number of carbonyl (C=O) groups excluding carboxylic acids is 1. The summed E-state index contributed by atoms with van der Waals surface area (Å²) in [5, 5.41) is 20.0. The second kappa shape index (κ2) is 14.4. The summed E-state index contributed by atoms with van der Waals surface area (Å²) in [6.45, 7) is 2.30. The van der Waals surface area contributed by atoms with Gasteiger partial charge in [0.15, 0.2) is 0 Å². The summed E-state index contributed by atoms with van der Waals surface area (Å²) in [7, 11) is 2.74. The lowest BCUT2D eigenvalue weighted by Gasteiger charge is -2.47. The maximum Gasteiger partial charge on any atom is 0.471 e. The molecule has 0 unspecified atom stereocenters. The molecule has 0 saturated carbocycles. The topological polar surface area (TPSA) is 143 Å². The smallest absolute Gasteiger partial charge is 0.471 e. The van der Waals surface area contributed by atoms with Gasteiger partial charge >= 0.3 is 17.8 Å². The minimum Gasteiger partial charge on any atom is -0.497 e. The van der Waals surface area contributed by atoms with Gasteiger partial charge in [-0.3, -0.25) is 24.0 Å². The average molecular weight is 696 g/mol. The molecule has 1 amide bonds. The molecule has 14 heteroatoms. The molecule has 50 heavy (non-hydrogen) atoms. The molecule has 1 aromatic heterocycles. The molecule has 2 heterocycles. The minimum absolute atomic E-state index is 0.0624. The first-order valence-electron chi connectivity index (χ1n) is 15.5. The van der Waals surface area contributed by atoms with Crippen molar-refractivity contribution in [2.45, 2.75) is 50.4 Å². The van der Waals surface area contributed by atoms with Gasteiger partial charge in [0.25, 0.3) is 5.56 Å². The van der Waals surface area contributed by atoms with E-state index in [1.807, 2.05) is 0 Å². The number of amides is 1. The number of rotatable bonds is 10. The van der Waals surface area contributed by atoms with Crippen molar-refractivity contribution in [1.29, 1.82) is 0 Å². The second-order valence-electron chi connectivity index (χ2n) is 11.8. The van der Waals surface area contributed by atoms with E-state index in [0.717, 1.165) is 10.8 Å². The van der Waals surface area contributed by atoms with Crippen LogP contribution in [0.2, 0.25) is 0 Å². The van der Waals surface area contributed by atoms with Gasteiger partial charge in [0, 0.05) is 24.2 Å².